The summed E-state index contributed by atoms with van der Waals surface area (Å²) in [6.07, 6.45) is 0.615. The number of hydrogen-bond donors (Lipinski definition) is 1. The van der Waals surface area contributed by atoms with Gasteiger partial charge in [0.2, 0.25) is 5.91 Å². The number of hydrogen-bond acceptors (Lipinski definition) is 2. The van der Waals surface area contributed by atoms with E-state index in [2.05, 4.69) is 0 Å². The van der Waals surface area contributed by atoms with E-state index in [1.807, 2.05) is 6.92 Å². The average Bonchev–Trinajstić information content (AvgIpc) is 2.37. The van der Waals surface area contributed by atoms with E-state index in [4.69, 9.17) is 23.2 Å². The molecule has 1 heterocycles. The van der Waals surface area contributed by atoms with Gasteiger partial charge in [0.1, 0.15) is 0 Å². The second-order valence-electron chi connectivity index (χ2n) is 5.09. The van der Waals surface area contributed by atoms with Crippen molar-refractivity contribution in [3.8, 4) is 0 Å². The van der Waals surface area contributed by atoms with Gasteiger partial charge in [-0.05, 0) is 36.1 Å². The molecule has 1 amide bonds. The molecule has 0 aliphatic carbocycles. The number of rotatable bonds is 2. The van der Waals surface area contributed by atoms with Crippen LogP contribution in [0.5, 0.6) is 0 Å². The summed E-state index contributed by atoms with van der Waals surface area (Å²) >= 11 is 12.0. The number of carbonyl (C=O) groups is 1. The fourth-order valence-electron chi connectivity index (χ4n) is 2.23. The summed E-state index contributed by atoms with van der Waals surface area (Å²) in [6, 6.07) is 5.11. The summed E-state index contributed by atoms with van der Waals surface area (Å²) < 4.78 is 0. The van der Waals surface area contributed by atoms with Gasteiger partial charge in [0.25, 0.3) is 0 Å². The Morgan fingerprint density at radius 1 is 1.47 bits per heavy atom. The minimum Gasteiger partial charge on any atom is -0.391 e. The van der Waals surface area contributed by atoms with Crippen molar-refractivity contribution >= 4 is 29.1 Å². The number of aliphatic hydroxyl groups excluding tert-OH is 1. The van der Waals surface area contributed by atoms with E-state index >= 15 is 0 Å². The molecule has 104 valence electrons. The lowest BCUT2D eigenvalue weighted by Crippen LogP contribution is -2.46. The van der Waals surface area contributed by atoms with Crippen molar-refractivity contribution in [3.05, 3.63) is 33.8 Å². The minimum absolute atomic E-state index is 0.0184. The van der Waals surface area contributed by atoms with E-state index in [-0.39, 0.29) is 18.2 Å². The van der Waals surface area contributed by atoms with Crippen molar-refractivity contribution < 1.29 is 9.90 Å². The van der Waals surface area contributed by atoms with E-state index < -0.39 is 6.10 Å². The lowest BCUT2D eigenvalue weighted by molar-refractivity contribution is -0.134. The van der Waals surface area contributed by atoms with Crippen LogP contribution in [0.4, 0.5) is 0 Å². The molecule has 1 fully saturated rings. The normalized spacial score (nSPS) is 23.5. The van der Waals surface area contributed by atoms with Crippen LogP contribution in [0.1, 0.15) is 18.9 Å². The van der Waals surface area contributed by atoms with Gasteiger partial charge in [-0.3, -0.25) is 4.79 Å². The third kappa shape index (κ3) is 3.62. The molecule has 1 N–H and O–H groups in total. The monoisotopic (exact) mass is 301 g/mol. The molecule has 0 saturated carbocycles. The van der Waals surface area contributed by atoms with Gasteiger partial charge in [-0.25, -0.2) is 0 Å². The number of nitrogens with zero attached hydrogens (tertiary/aromatic N) is 1. The van der Waals surface area contributed by atoms with Crippen molar-refractivity contribution in [1.29, 1.82) is 0 Å². The number of aliphatic hydroxyl groups is 1. The molecule has 3 nitrogen and oxygen atoms in total. The molecule has 19 heavy (non-hydrogen) atoms. The topological polar surface area (TPSA) is 40.5 Å². The Kier molecular flexibility index (Phi) is 4.71. The highest BCUT2D eigenvalue weighted by Crippen LogP contribution is 2.23. The number of β-amino-alcohol motifs (C(OH)–C–C–N with tert-alkyl or cyclic N) is 1. The summed E-state index contributed by atoms with van der Waals surface area (Å²) in [5, 5.41) is 10.9. The van der Waals surface area contributed by atoms with Crippen LogP contribution in [0, 0.1) is 5.92 Å². The molecule has 1 aliphatic heterocycles. The summed E-state index contributed by atoms with van der Waals surface area (Å²) in [5.41, 5.74) is 0.729. The molecule has 1 aromatic rings. The second-order valence-corrected chi connectivity index (χ2v) is 5.93. The molecule has 1 aromatic carbocycles. The highest BCUT2D eigenvalue weighted by Gasteiger charge is 2.27. The van der Waals surface area contributed by atoms with Gasteiger partial charge in [0.05, 0.1) is 12.5 Å². The van der Waals surface area contributed by atoms with E-state index in [0.717, 1.165) is 12.0 Å². The van der Waals surface area contributed by atoms with Gasteiger partial charge in [0.15, 0.2) is 0 Å². The van der Waals surface area contributed by atoms with E-state index in [9.17, 15) is 9.90 Å². The summed E-state index contributed by atoms with van der Waals surface area (Å²) in [5.74, 6) is 0.230. The summed E-state index contributed by atoms with van der Waals surface area (Å²) in [4.78, 5) is 13.9. The minimum atomic E-state index is -0.437. The zero-order chi connectivity index (χ0) is 14.0. The third-order valence-electron chi connectivity index (χ3n) is 3.62. The van der Waals surface area contributed by atoms with Gasteiger partial charge in [-0.1, -0.05) is 30.1 Å². The molecule has 2 unspecified atom stereocenters. The van der Waals surface area contributed by atoms with Gasteiger partial charge >= 0.3 is 0 Å². The van der Waals surface area contributed by atoms with Gasteiger partial charge < -0.3 is 10.0 Å². The number of halogens is 2. The number of benzene rings is 1. The first-order valence-corrected chi connectivity index (χ1v) is 7.12. The molecule has 2 atom stereocenters. The van der Waals surface area contributed by atoms with Crippen molar-refractivity contribution in [2.24, 2.45) is 5.92 Å². The molecule has 5 heteroatoms. The highest BCUT2D eigenvalue weighted by atomic mass is 35.5. The van der Waals surface area contributed by atoms with Crippen LogP contribution in [-0.2, 0) is 11.2 Å². The molecule has 2 rings (SSSR count). The zero-order valence-corrected chi connectivity index (χ0v) is 12.3. The Morgan fingerprint density at radius 2 is 2.21 bits per heavy atom. The molecule has 0 spiro atoms. The average molecular weight is 302 g/mol. The van der Waals surface area contributed by atoms with Crippen molar-refractivity contribution in [2.45, 2.75) is 25.9 Å². The first kappa shape index (κ1) is 14.6. The Labute approximate surface area is 123 Å². The van der Waals surface area contributed by atoms with Crippen molar-refractivity contribution in [3.63, 3.8) is 0 Å². The first-order valence-electron chi connectivity index (χ1n) is 6.37. The van der Waals surface area contributed by atoms with E-state index in [1.54, 1.807) is 23.1 Å². The molecular formula is C14H17Cl2NO2. The largest absolute Gasteiger partial charge is 0.391 e. The molecule has 0 aromatic heterocycles. The molecule has 0 bridgehead atoms. The van der Waals surface area contributed by atoms with Crippen LogP contribution < -0.4 is 0 Å². The van der Waals surface area contributed by atoms with Gasteiger partial charge in [-0.15, -0.1) is 0 Å². The maximum Gasteiger partial charge on any atom is 0.227 e. The quantitative estimate of drug-likeness (QED) is 0.912. The van der Waals surface area contributed by atoms with Crippen LogP contribution in [0.25, 0.3) is 0 Å². The Hall–Kier alpha value is -0.770. The Morgan fingerprint density at radius 3 is 2.89 bits per heavy atom. The maximum atomic E-state index is 12.2. The lowest BCUT2D eigenvalue weighted by atomic mass is 9.95. The number of piperidine rings is 1. The van der Waals surface area contributed by atoms with E-state index in [1.165, 1.54) is 0 Å². The van der Waals surface area contributed by atoms with Crippen LogP contribution in [-0.4, -0.2) is 35.1 Å². The number of amides is 1. The van der Waals surface area contributed by atoms with Gasteiger partial charge in [0, 0.05) is 23.1 Å². The van der Waals surface area contributed by atoms with Gasteiger partial charge in [-0.2, -0.15) is 0 Å². The SMILES string of the molecule is CC1CCN(C(=O)Cc2cc(Cl)ccc2Cl)CC1O. The number of likely N-dealkylation sites (tertiary alicyclic amines) is 1. The molecule has 0 radical (unpaired) electrons. The first-order chi connectivity index (χ1) is 8.97. The Bertz CT molecular complexity index is 479. The zero-order valence-electron chi connectivity index (χ0n) is 10.8. The predicted molar refractivity (Wildman–Crippen MR) is 76.5 cm³/mol. The van der Waals surface area contributed by atoms with Crippen LogP contribution in [0.2, 0.25) is 10.0 Å². The third-order valence-corrected chi connectivity index (χ3v) is 4.22. The summed E-state index contributed by atoms with van der Waals surface area (Å²) in [6.45, 7) is 3.09. The molecular weight excluding hydrogens is 285 g/mol. The highest BCUT2D eigenvalue weighted by molar-refractivity contribution is 6.33. The van der Waals surface area contributed by atoms with Crippen molar-refractivity contribution in [2.75, 3.05) is 13.1 Å². The number of carbonyl (C=O) groups excluding carboxylic acids is 1. The predicted octanol–water partition coefficient (Wildman–Crippen LogP) is 2.77. The standard InChI is InChI=1S/C14H17Cl2NO2/c1-9-4-5-17(8-13(9)18)14(19)7-10-6-11(15)2-3-12(10)16/h2-3,6,9,13,18H,4-5,7-8H2,1H3. The Balaban J connectivity index is 2.03. The molecule has 1 saturated heterocycles. The van der Waals surface area contributed by atoms with Crippen LogP contribution >= 0.6 is 23.2 Å². The fraction of sp³-hybridized carbons (Fsp3) is 0.500. The van der Waals surface area contributed by atoms with Crippen LogP contribution in [0.15, 0.2) is 18.2 Å². The second kappa shape index (κ2) is 6.12. The summed E-state index contributed by atoms with van der Waals surface area (Å²) in [7, 11) is 0. The van der Waals surface area contributed by atoms with E-state index in [0.29, 0.717) is 23.1 Å². The fourth-order valence-corrected chi connectivity index (χ4v) is 2.61. The lowest BCUT2D eigenvalue weighted by Gasteiger charge is -2.34. The van der Waals surface area contributed by atoms with Crippen molar-refractivity contribution in [1.82, 2.24) is 4.90 Å². The molecule has 1 aliphatic rings. The smallest absolute Gasteiger partial charge is 0.227 e. The van der Waals surface area contributed by atoms with Crippen LogP contribution in [0.3, 0.4) is 0 Å². The maximum absolute atomic E-state index is 12.2.